The molecule has 0 aliphatic carbocycles. The van der Waals surface area contributed by atoms with E-state index in [9.17, 15) is 9.59 Å². The van der Waals surface area contributed by atoms with Crippen molar-refractivity contribution in [3.63, 3.8) is 0 Å². The van der Waals surface area contributed by atoms with Crippen LogP contribution in [0.2, 0.25) is 0 Å². The lowest BCUT2D eigenvalue weighted by molar-refractivity contribution is -0.124. The van der Waals surface area contributed by atoms with Gasteiger partial charge in [0.2, 0.25) is 5.91 Å². The number of nitrogens with zero attached hydrogens (tertiary/aromatic N) is 2. The Kier molecular flexibility index (Phi) is 4.66. The van der Waals surface area contributed by atoms with Gasteiger partial charge in [0.1, 0.15) is 6.04 Å². The molecule has 1 aliphatic heterocycles. The molecule has 1 aliphatic rings. The van der Waals surface area contributed by atoms with Crippen molar-refractivity contribution in [1.29, 1.82) is 0 Å². The van der Waals surface area contributed by atoms with Crippen LogP contribution in [0, 0.1) is 6.92 Å². The Balaban J connectivity index is 1.64. The molecule has 120 valence electrons. The summed E-state index contributed by atoms with van der Waals surface area (Å²) in [6.45, 7) is 2.09. The normalized spacial score (nSPS) is 17.3. The van der Waals surface area contributed by atoms with E-state index in [-0.39, 0.29) is 18.4 Å². The maximum absolute atomic E-state index is 12.5. The monoisotopic (exact) mass is 331 g/mol. The summed E-state index contributed by atoms with van der Waals surface area (Å²) in [5.74, 6) is 1.43. The maximum atomic E-state index is 12.5. The summed E-state index contributed by atoms with van der Waals surface area (Å²) in [5.41, 5.74) is 1.37. The quantitative estimate of drug-likeness (QED) is 0.925. The van der Waals surface area contributed by atoms with Gasteiger partial charge in [-0.15, -0.1) is 11.8 Å². The molecule has 1 atom stereocenters. The zero-order chi connectivity index (χ0) is 16.2. The fraction of sp³-hybridized carbons (Fsp3) is 0.312. The predicted octanol–water partition coefficient (Wildman–Crippen LogP) is 1.81. The van der Waals surface area contributed by atoms with Crippen LogP contribution in [0.4, 0.5) is 0 Å². The Morgan fingerprint density at radius 2 is 2.17 bits per heavy atom. The van der Waals surface area contributed by atoms with Gasteiger partial charge in [0, 0.05) is 17.4 Å². The number of aryl methyl sites for hydroxylation is 1. The van der Waals surface area contributed by atoms with Crippen molar-refractivity contribution >= 4 is 23.6 Å². The Bertz CT molecular complexity index is 702. The van der Waals surface area contributed by atoms with Crippen molar-refractivity contribution in [2.24, 2.45) is 0 Å². The van der Waals surface area contributed by atoms with E-state index in [1.54, 1.807) is 34.9 Å². The number of thioether (sulfide) groups is 1. The highest BCUT2D eigenvalue weighted by atomic mass is 32.2. The molecule has 7 heteroatoms. The van der Waals surface area contributed by atoms with Gasteiger partial charge in [0.25, 0.3) is 5.91 Å². The van der Waals surface area contributed by atoms with Crippen LogP contribution in [0.5, 0.6) is 0 Å². The Labute approximate surface area is 138 Å². The summed E-state index contributed by atoms with van der Waals surface area (Å²) in [5, 5.41) is 6.59. The van der Waals surface area contributed by atoms with Crippen molar-refractivity contribution in [2.45, 2.75) is 19.5 Å². The van der Waals surface area contributed by atoms with Crippen molar-refractivity contribution in [1.82, 2.24) is 15.4 Å². The third kappa shape index (κ3) is 3.56. The smallest absolute Gasteiger partial charge is 0.255 e. The summed E-state index contributed by atoms with van der Waals surface area (Å²) in [4.78, 5) is 26.5. The number of amides is 2. The molecule has 1 unspecified atom stereocenters. The minimum absolute atomic E-state index is 0.119. The van der Waals surface area contributed by atoms with Gasteiger partial charge in [-0.05, 0) is 19.1 Å². The lowest BCUT2D eigenvalue weighted by Crippen LogP contribution is -2.47. The third-order valence-electron chi connectivity index (χ3n) is 3.58. The molecule has 1 saturated heterocycles. The lowest BCUT2D eigenvalue weighted by Gasteiger charge is -2.22. The first-order valence-electron chi connectivity index (χ1n) is 7.29. The minimum atomic E-state index is -0.461. The summed E-state index contributed by atoms with van der Waals surface area (Å²) in [6.07, 6.45) is 0. The first kappa shape index (κ1) is 15.6. The number of hydrogen-bond acceptors (Lipinski definition) is 5. The molecular weight excluding hydrogens is 314 g/mol. The SMILES string of the molecule is Cc1cc(CNC(=O)C2CSCN2C(=O)c2ccccc2)on1. The van der Waals surface area contributed by atoms with E-state index < -0.39 is 6.04 Å². The molecule has 0 spiro atoms. The van der Waals surface area contributed by atoms with Gasteiger partial charge in [-0.1, -0.05) is 23.4 Å². The Hall–Kier alpha value is -2.28. The van der Waals surface area contributed by atoms with E-state index >= 15 is 0 Å². The number of rotatable bonds is 4. The largest absolute Gasteiger partial charge is 0.359 e. The number of aromatic nitrogens is 1. The lowest BCUT2D eigenvalue weighted by atomic mass is 10.1. The van der Waals surface area contributed by atoms with Crippen molar-refractivity contribution in [3.05, 3.63) is 53.4 Å². The van der Waals surface area contributed by atoms with Gasteiger partial charge in [-0.2, -0.15) is 0 Å². The summed E-state index contributed by atoms with van der Waals surface area (Å²) < 4.78 is 5.07. The Morgan fingerprint density at radius 1 is 1.39 bits per heavy atom. The van der Waals surface area contributed by atoms with E-state index in [1.807, 2.05) is 25.1 Å². The van der Waals surface area contributed by atoms with E-state index in [0.29, 0.717) is 23.0 Å². The van der Waals surface area contributed by atoms with Crippen molar-refractivity contribution in [3.8, 4) is 0 Å². The molecular formula is C16H17N3O3S. The van der Waals surface area contributed by atoms with Gasteiger partial charge in [-0.3, -0.25) is 9.59 Å². The number of hydrogen-bond donors (Lipinski definition) is 1. The van der Waals surface area contributed by atoms with Crippen LogP contribution < -0.4 is 5.32 Å². The third-order valence-corrected chi connectivity index (χ3v) is 4.59. The molecule has 0 radical (unpaired) electrons. The van der Waals surface area contributed by atoms with E-state index in [4.69, 9.17) is 4.52 Å². The second-order valence-electron chi connectivity index (χ2n) is 5.31. The van der Waals surface area contributed by atoms with Gasteiger partial charge in [0.05, 0.1) is 18.1 Å². The summed E-state index contributed by atoms with van der Waals surface area (Å²) in [7, 11) is 0. The van der Waals surface area contributed by atoms with Gasteiger partial charge >= 0.3 is 0 Å². The van der Waals surface area contributed by atoms with Crippen LogP contribution in [0.25, 0.3) is 0 Å². The zero-order valence-electron chi connectivity index (χ0n) is 12.7. The van der Waals surface area contributed by atoms with Crippen LogP contribution >= 0.6 is 11.8 Å². The molecule has 0 saturated carbocycles. The van der Waals surface area contributed by atoms with Gasteiger partial charge in [-0.25, -0.2) is 0 Å². The topological polar surface area (TPSA) is 75.4 Å². The van der Waals surface area contributed by atoms with Crippen LogP contribution in [0.15, 0.2) is 40.9 Å². The van der Waals surface area contributed by atoms with Crippen LogP contribution in [-0.4, -0.2) is 39.5 Å². The average molecular weight is 331 g/mol. The van der Waals surface area contributed by atoms with Crippen LogP contribution in [-0.2, 0) is 11.3 Å². The van der Waals surface area contributed by atoms with Crippen molar-refractivity contribution < 1.29 is 14.1 Å². The molecule has 6 nitrogen and oxygen atoms in total. The summed E-state index contributed by atoms with van der Waals surface area (Å²) >= 11 is 1.58. The average Bonchev–Trinajstić information content (AvgIpc) is 3.21. The molecule has 23 heavy (non-hydrogen) atoms. The summed E-state index contributed by atoms with van der Waals surface area (Å²) in [6, 6.07) is 10.3. The number of nitrogens with one attached hydrogen (secondary N) is 1. The molecule has 2 aromatic rings. The highest BCUT2D eigenvalue weighted by Crippen LogP contribution is 2.23. The first-order valence-corrected chi connectivity index (χ1v) is 8.44. The second-order valence-corrected chi connectivity index (χ2v) is 6.31. The van der Waals surface area contributed by atoms with Crippen LogP contribution in [0.3, 0.4) is 0 Å². The fourth-order valence-electron chi connectivity index (χ4n) is 2.40. The van der Waals surface area contributed by atoms with E-state index in [2.05, 4.69) is 10.5 Å². The molecule has 0 bridgehead atoms. The molecule has 2 heterocycles. The number of carbonyl (C=O) groups is 2. The second kappa shape index (κ2) is 6.87. The van der Waals surface area contributed by atoms with Crippen LogP contribution in [0.1, 0.15) is 21.8 Å². The fourth-order valence-corrected chi connectivity index (χ4v) is 3.55. The molecule has 1 N–H and O–H groups in total. The number of carbonyl (C=O) groups excluding carboxylic acids is 2. The molecule has 2 amide bonds. The predicted molar refractivity (Wildman–Crippen MR) is 86.8 cm³/mol. The van der Waals surface area contributed by atoms with Crippen molar-refractivity contribution in [2.75, 3.05) is 11.6 Å². The zero-order valence-corrected chi connectivity index (χ0v) is 13.5. The highest BCUT2D eigenvalue weighted by Gasteiger charge is 2.35. The molecule has 1 aromatic carbocycles. The first-order chi connectivity index (χ1) is 11.1. The highest BCUT2D eigenvalue weighted by molar-refractivity contribution is 7.99. The standard InChI is InChI=1S/C16H17N3O3S/c1-11-7-13(22-18-11)8-17-15(20)14-9-23-10-19(14)16(21)12-5-3-2-4-6-12/h2-7,14H,8-10H2,1H3,(H,17,20). The minimum Gasteiger partial charge on any atom is -0.359 e. The van der Waals surface area contributed by atoms with Gasteiger partial charge < -0.3 is 14.7 Å². The number of benzene rings is 1. The Morgan fingerprint density at radius 3 is 2.87 bits per heavy atom. The van der Waals surface area contributed by atoms with E-state index in [1.165, 1.54) is 0 Å². The molecule has 1 aromatic heterocycles. The molecule has 1 fully saturated rings. The molecule has 3 rings (SSSR count). The van der Waals surface area contributed by atoms with E-state index in [0.717, 1.165) is 5.69 Å². The maximum Gasteiger partial charge on any atom is 0.255 e. The van der Waals surface area contributed by atoms with Gasteiger partial charge in [0.15, 0.2) is 5.76 Å².